The molecule has 84 valence electrons. The lowest BCUT2D eigenvalue weighted by Crippen LogP contribution is -2.29. The van der Waals surface area contributed by atoms with Crippen molar-refractivity contribution in [1.29, 1.82) is 0 Å². The van der Waals surface area contributed by atoms with Crippen LogP contribution in [0.5, 0.6) is 0 Å². The molecule has 5 heteroatoms. The van der Waals surface area contributed by atoms with E-state index in [1.807, 2.05) is 19.1 Å². The zero-order chi connectivity index (χ0) is 11.4. The summed E-state index contributed by atoms with van der Waals surface area (Å²) in [6, 6.07) is 3.80. The fourth-order valence-corrected chi connectivity index (χ4v) is 3.19. The highest BCUT2D eigenvalue weighted by Gasteiger charge is 2.27. The Hall–Kier alpha value is -0.390. The van der Waals surface area contributed by atoms with Crippen LogP contribution in [0.3, 0.4) is 0 Å². The molecule has 0 saturated carbocycles. The Morgan fingerprint density at radius 1 is 1.67 bits per heavy atom. The first-order chi connectivity index (χ1) is 7.10. The molecule has 0 aromatic carbocycles. The SMILES string of the molecule is CCC(C(=O)O)C(NC)c1ccc(Br)s1. The van der Waals surface area contributed by atoms with Crippen LogP contribution in [0, 0.1) is 5.92 Å². The number of nitrogens with one attached hydrogen (secondary N) is 1. The lowest BCUT2D eigenvalue weighted by atomic mass is 9.96. The Balaban J connectivity index is 2.91. The van der Waals surface area contributed by atoms with Crippen molar-refractivity contribution < 1.29 is 9.90 Å². The molecule has 1 aromatic rings. The summed E-state index contributed by atoms with van der Waals surface area (Å²) in [5.41, 5.74) is 0. The van der Waals surface area contributed by atoms with E-state index in [0.717, 1.165) is 8.66 Å². The minimum absolute atomic E-state index is 0.108. The molecular weight excluding hydrogens is 278 g/mol. The number of carboxylic acids is 1. The molecule has 1 rings (SSSR count). The topological polar surface area (TPSA) is 49.3 Å². The maximum Gasteiger partial charge on any atom is 0.308 e. The van der Waals surface area contributed by atoms with Gasteiger partial charge in [-0.3, -0.25) is 4.79 Å². The van der Waals surface area contributed by atoms with E-state index in [1.54, 1.807) is 18.4 Å². The van der Waals surface area contributed by atoms with E-state index in [0.29, 0.717) is 6.42 Å². The first-order valence-corrected chi connectivity index (χ1v) is 6.36. The molecule has 1 aromatic heterocycles. The molecule has 0 fully saturated rings. The standard InChI is InChI=1S/C10H14BrNO2S/c1-3-6(10(13)14)9(12-2)7-4-5-8(11)15-7/h4-6,9,12H,3H2,1-2H3,(H,13,14). The van der Waals surface area contributed by atoms with Gasteiger partial charge in [0.25, 0.3) is 0 Å². The molecule has 1 heterocycles. The summed E-state index contributed by atoms with van der Waals surface area (Å²) in [4.78, 5) is 12.1. The van der Waals surface area contributed by atoms with Crippen LogP contribution in [0.1, 0.15) is 24.3 Å². The minimum Gasteiger partial charge on any atom is -0.481 e. The van der Waals surface area contributed by atoms with Crippen LogP contribution in [0.25, 0.3) is 0 Å². The first kappa shape index (κ1) is 12.7. The second kappa shape index (κ2) is 5.63. The Bertz CT molecular complexity index is 340. The van der Waals surface area contributed by atoms with Crippen LogP contribution in [-0.2, 0) is 4.79 Å². The van der Waals surface area contributed by atoms with Gasteiger partial charge in [-0.2, -0.15) is 0 Å². The fraction of sp³-hybridized carbons (Fsp3) is 0.500. The zero-order valence-corrected chi connectivity index (χ0v) is 11.1. The summed E-state index contributed by atoms with van der Waals surface area (Å²) in [5, 5.41) is 12.2. The molecule has 0 saturated heterocycles. The van der Waals surface area contributed by atoms with Crippen molar-refractivity contribution in [2.24, 2.45) is 5.92 Å². The van der Waals surface area contributed by atoms with Crippen LogP contribution in [0.15, 0.2) is 15.9 Å². The van der Waals surface area contributed by atoms with Crippen molar-refractivity contribution >= 4 is 33.2 Å². The summed E-state index contributed by atoms with van der Waals surface area (Å²) < 4.78 is 1.03. The van der Waals surface area contributed by atoms with E-state index in [-0.39, 0.29) is 12.0 Å². The molecular formula is C10H14BrNO2S. The zero-order valence-electron chi connectivity index (χ0n) is 8.66. The van der Waals surface area contributed by atoms with Gasteiger partial charge in [-0.25, -0.2) is 0 Å². The summed E-state index contributed by atoms with van der Waals surface area (Å²) in [6.45, 7) is 1.89. The molecule has 2 unspecified atom stereocenters. The van der Waals surface area contributed by atoms with Crippen molar-refractivity contribution in [3.05, 3.63) is 20.8 Å². The van der Waals surface area contributed by atoms with Crippen molar-refractivity contribution in [3.8, 4) is 0 Å². The second-order valence-corrected chi connectivity index (χ2v) is 5.76. The highest BCUT2D eigenvalue weighted by Crippen LogP contribution is 2.32. The number of halogens is 1. The number of aliphatic carboxylic acids is 1. The predicted octanol–water partition coefficient (Wildman–Crippen LogP) is 2.88. The normalized spacial score (nSPS) is 14.9. The quantitative estimate of drug-likeness (QED) is 0.877. The molecule has 2 atom stereocenters. The van der Waals surface area contributed by atoms with Crippen LogP contribution in [0.4, 0.5) is 0 Å². The summed E-state index contributed by atoms with van der Waals surface area (Å²) >= 11 is 4.95. The van der Waals surface area contributed by atoms with E-state index in [1.165, 1.54) is 0 Å². The Labute approximate surface area is 102 Å². The molecule has 0 bridgehead atoms. The van der Waals surface area contributed by atoms with Crippen LogP contribution < -0.4 is 5.32 Å². The largest absolute Gasteiger partial charge is 0.481 e. The average molecular weight is 292 g/mol. The lowest BCUT2D eigenvalue weighted by Gasteiger charge is -2.21. The van der Waals surface area contributed by atoms with E-state index >= 15 is 0 Å². The maximum absolute atomic E-state index is 11.1. The third-order valence-electron chi connectivity index (χ3n) is 2.37. The number of carbonyl (C=O) groups is 1. The van der Waals surface area contributed by atoms with Crippen molar-refractivity contribution in [3.63, 3.8) is 0 Å². The summed E-state index contributed by atoms with van der Waals surface area (Å²) in [6.07, 6.45) is 0.621. The first-order valence-electron chi connectivity index (χ1n) is 4.75. The smallest absolute Gasteiger partial charge is 0.308 e. The number of hydrogen-bond donors (Lipinski definition) is 2. The van der Waals surface area contributed by atoms with Gasteiger partial charge in [-0.1, -0.05) is 6.92 Å². The van der Waals surface area contributed by atoms with E-state index < -0.39 is 5.97 Å². The Morgan fingerprint density at radius 2 is 2.33 bits per heavy atom. The number of thiophene rings is 1. The molecule has 0 aliphatic carbocycles. The van der Waals surface area contributed by atoms with E-state index in [2.05, 4.69) is 21.2 Å². The molecule has 0 amide bonds. The fourth-order valence-electron chi connectivity index (χ4n) is 1.59. The molecule has 0 aliphatic rings. The van der Waals surface area contributed by atoms with Gasteiger partial charge in [0, 0.05) is 4.88 Å². The molecule has 0 spiro atoms. The summed E-state index contributed by atoms with van der Waals surface area (Å²) in [7, 11) is 1.80. The number of hydrogen-bond acceptors (Lipinski definition) is 3. The molecule has 15 heavy (non-hydrogen) atoms. The summed E-state index contributed by atoms with van der Waals surface area (Å²) in [5.74, 6) is -1.12. The van der Waals surface area contributed by atoms with Crippen LogP contribution in [-0.4, -0.2) is 18.1 Å². The molecule has 0 aliphatic heterocycles. The average Bonchev–Trinajstić information content (AvgIpc) is 2.60. The minimum atomic E-state index is -0.749. The van der Waals surface area contributed by atoms with Crippen molar-refractivity contribution in [1.82, 2.24) is 5.32 Å². The van der Waals surface area contributed by atoms with Crippen LogP contribution >= 0.6 is 27.3 Å². The predicted molar refractivity (Wildman–Crippen MR) is 65.2 cm³/mol. The van der Waals surface area contributed by atoms with E-state index in [4.69, 9.17) is 5.11 Å². The Kier molecular flexibility index (Phi) is 4.76. The van der Waals surface area contributed by atoms with Crippen molar-refractivity contribution in [2.75, 3.05) is 7.05 Å². The number of carboxylic acid groups (broad SMARTS) is 1. The van der Waals surface area contributed by atoms with Gasteiger partial charge in [0.15, 0.2) is 0 Å². The third-order valence-corrected chi connectivity index (χ3v) is 4.08. The van der Waals surface area contributed by atoms with Gasteiger partial charge in [0.2, 0.25) is 0 Å². The van der Waals surface area contributed by atoms with Crippen LogP contribution in [0.2, 0.25) is 0 Å². The Morgan fingerprint density at radius 3 is 2.67 bits per heavy atom. The highest BCUT2D eigenvalue weighted by molar-refractivity contribution is 9.11. The highest BCUT2D eigenvalue weighted by atomic mass is 79.9. The second-order valence-electron chi connectivity index (χ2n) is 3.26. The third kappa shape index (κ3) is 3.03. The van der Waals surface area contributed by atoms with Gasteiger partial charge in [-0.15, -0.1) is 11.3 Å². The number of rotatable bonds is 5. The van der Waals surface area contributed by atoms with Gasteiger partial charge < -0.3 is 10.4 Å². The van der Waals surface area contributed by atoms with E-state index in [9.17, 15) is 4.79 Å². The molecule has 2 N–H and O–H groups in total. The van der Waals surface area contributed by atoms with Gasteiger partial charge >= 0.3 is 5.97 Å². The van der Waals surface area contributed by atoms with Crippen molar-refractivity contribution in [2.45, 2.75) is 19.4 Å². The monoisotopic (exact) mass is 291 g/mol. The molecule has 3 nitrogen and oxygen atoms in total. The van der Waals surface area contributed by atoms with Gasteiger partial charge in [-0.05, 0) is 41.5 Å². The lowest BCUT2D eigenvalue weighted by molar-refractivity contribution is -0.142. The maximum atomic E-state index is 11.1. The van der Waals surface area contributed by atoms with Gasteiger partial charge in [0.05, 0.1) is 15.7 Å². The van der Waals surface area contributed by atoms with Gasteiger partial charge in [0.1, 0.15) is 0 Å². The molecule has 0 radical (unpaired) electrons.